The molecule has 6 heteroatoms. The number of hydrogen-bond donors (Lipinski definition) is 0. The zero-order valence-electron chi connectivity index (χ0n) is 25.2. The number of rotatable bonds is 8. The fourth-order valence-electron chi connectivity index (χ4n) is 9.67. The quantitative estimate of drug-likeness (QED) is 0.106. The second kappa shape index (κ2) is 11.5. The molecule has 1 aromatic rings. The standard InChI is InChI=1S/C34H49NO5/c1-22(2)8-6-9-23(3)29-14-15-30-28-13-12-24-20-27(16-18-33(24,4)31(28)17-19-34(29,30)5)40-32(36)39-26-11-7-10-25(21-26)35(37)38/h7,10-12,21-23,27-31H,6,8-9,13-20H2,1-5H3. The first-order chi connectivity index (χ1) is 19.0. The summed E-state index contributed by atoms with van der Waals surface area (Å²) < 4.78 is 11.0. The number of nitro benzene ring substituents is 1. The SMILES string of the molecule is CC(C)CCCC(C)C1CCC2C3CC=C4CC(OC(=O)Oc5cccc([N+](=O)[O-])c5)CCC4(C)C3CCC12C. The summed E-state index contributed by atoms with van der Waals surface area (Å²) in [5.74, 6) is 4.95. The molecule has 0 N–H and O–H groups in total. The summed E-state index contributed by atoms with van der Waals surface area (Å²) in [6.07, 6.45) is 14.9. The number of ether oxygens (including phenoxy) is 2. The molecule has 3 fully saturated rings. The molecule has 0 saturated heterocycles. The summed E-state index contributed by atoms with van der Waals surface area (Å²) in [5.41, 5.74) is 2.03. The molecule has 1 aromatic carbocycles. The number of nitrogens with zero attached hydrogens (tertiary/aromatic N) is 1. The zero-order chi connectivity index (χ0) is 28.7. The van der Waals surface area contributed by atoms with E-state index in [0.29, 0.717) is 5.41 Å². The molecule has 220 valence electrons. The maximum Gasteiger partial charge on any atom is 0.514 e. The van der Waals surface area contributed by atoms with Gasteiger partial charge in [-0.2, -0.15) is 0 Å². The highest BCUT2D eigenvalue weighted by atomic mass is 16.7. The van der Waals surface area contributed by atoms with E-state index in [-0.39, 0.29) is 23.0 Å². The lowest BCUT2D eigenvalue weighted by molar-refractivity contribution is -0.384. The Balaban J connectivity index is 1.21. The average molecular weight is 552 g/mol. The molecule has 40 heavy (non-hydrogen) atoms. The molecule has 4 aliphatic carbocycles. The van der Waals surface area contributed by atoms with E-state index in [1.807, 2.05) is 0 Å². The van der Waals surface area contributed by atoms with Crippen LogP contribution in [0, 0.1) is 56.5 Å². The summed E-state index contributed by atoms with van der Waals surface area (Å²) >= 11 is 0. The van der Waals surface area contributed by atoms with Crippen LogP contribution in [-0.4, -0.2) is 17.2 Å². The van der Waals surface area contributed by atoms with Gasteiger partial charge < -0.3 is 9.47 Å². The van der Waals surface area contributed by atoms with Crippen molar-refractivity contribution in [3.05, 3.63) is 46.0 Å². The Labute approximate surface area is 240 Å². The van der Waals surface area contributed by atoms with E-state index in [4.69, 9.17) is 9.47 Å². The van der Waals surface area contributed by atoms with Crippen LogP contribution in [0.3, 0.4) is 0 Å². The monoisotopic (exact) mass is 551 g/mol. The van der Waals surface area contributed by atoms with Gasteiger partial charge in [0.25, 0.3) is 5.69 Å². The van der Waals surface area contributed by atoms with Gasteiger partial charge in [-0.3, -0.25) is 10.1 Å². The predicted octanol–water partition coefficient (Wildman–Crippen LogP) is 9.52. The maximum atomic E-state index is 12.5. The molecule has 0 bridgehead atoms. The highest BCUT2D eigenvalue weighted by Gasteiger charge is 2.59. The van der Waals surface area contributed by atoms with Crippen molar-refractivity contribution in [1.29, 1.82) is 0 Å². The van der Waals surface area contributed by atoms with Crippen LogP contribution in [0.15, 0.2) is 35.9 Å². The van der Waals surface area contributed by atoms with Gasteiger partial charge in [-0.25, -0.2) is 4.79 Å². The van der Waals surface area contributed by atoms with Crippen molar-refractivity contribution in [2.75, 3.05) is 0 Å². The van der Waals surface area contributed by atoms with Crippen molar-refractivity contribution in [1.82, 2.24) is 0 Å². The second-order valence-corrected chi connectivity index (χ2v) is 14.4. The fraction of sp³-hybridized carbons (Fsp3) is 0.735. The summed E-state index contributed by atoms with van der Waals surface area (Å²) in [6.45, 7) is 12.4. The van der Waals surface area contributed by atoms with Crippen LogP contribution in [0.2, 0.25) is 0 Å². The molecule has 8 atom stereocenters. The van der Waals surface area contributed by atoms with E-state index in [0.717, 1.165) is 61.2 Å². The maximum absolute atomic E-state index is 12.5. The van der Waals surface area contributed by atoms with Crippen molar-refractivity contribution in [3.8, 4) is 5.75 Å². The van der Waals surface area contributed by atoms with Crippen LogP contribution < -0.4 is 4.74 Å². The number of allylic oxidation sites excluding steroid dienone is 1. The first kappa shape index (κ1) is 29.1. The Bertz CT molecular complexity index is 1130. The highest BCUT2D eigenvalue weighted by molar-refractivity contribution is 5.64. The number of hydrogen-bond acceptors (Lipinski definition) is 5. The van der Waals surface area contributed by atoms with Gasteiger partial charge in [0.05, 0.1) is 11.0 Å². The molecule has 0 spiro atoms. The molecular weight excluding hydrogens is 502 g/mol. The number of benzene rings is 1. The van der Waals surface area contributed by atoms with Crippen molar-refractivity contribution in [3.63, 3.8) is 0 Å². The Hall–Kier alpha value is -2.37. The van der Waals surface area contributed by atoms with Crippen LogP contribution in [-0.2, 0) is 4.74 Å². The number of carbonyl (C=O) groups excluding carboxylic acids is 1. The van der Waals surface area contributed by atoms with E-state index >= 15 is 0 Å². The Morgan fingerprint density at radius 3 is 2.62 bits per heavy atom. The third-order valence-electron chi connectivity index (χ3n) is 11.8. The minimum atomic E-state index is -0.781. The molecule has 3 saturated carbocycles. The van der Waals surface area contributed by atoms with Gasteiger partial charge in [0.2, 0.25) is 0 Å². The highest BCUT2D eigenvalue weighted by Crippen LogP contribution is 2.67. The lowest BCUT2D eigenvalue weighted by Crippen LogP contribution is -2.51. The van der Waals surface area contributed by atoms with Gasteiger partial charge in [0.1, 0.15) is 11.9 Å². The van der Waals surface area contributed by atoms with E-state index in [9.17, 15) is 14.9 Å². The van der Waals surface area contributed by atoms with Gasteiger partial charge in [-0.15, -0.1) is 0 Å². The van der Waals surface area contributed by atoms with E-state index < -0.39 is 11.1 Å². The van der Waals surface area contributed by atoms with Crippen LogP contribution in [0.25, 0.3) is 0 Å². The average Bonchev–Trinajstić information content (AvgIpc) is 3.26. The number of non-ortho nitro benzene ring substituents is 1. The molecule has 0 heterocycles. The van der Waals surface area contributed by atoms with E-state index in [2.05, 4.69) is 40.7 Å². The van der Waals surface area contributed by atoms with Crippen LogP contribution in [0.5, 0.6) is 5.75 Å². The third kappa shape index (κ3) is 5.56. The molecular formula is C34H49NO5. The topological polar surface area (TPSA) is 78.7 Å². The normalized spacial score (nSPS) is 35.6. The van der Waals surface area contributed by atoms with Crippen molar-refractivity contribution in [2.45, 2.75) is 111 Å². The van der Waals surface area contributed by atoms with E-state index in [1.165, 1.54) is 74.8 Å². The molecule has 8 unspecified atom stereocenters. The molecule has 0 aromatic heterocycles. The Kier molecular flexibility index (Phi) is 8.37. The van der Waals surface area contributed by atoms with Gasteiger partial charge in [0.15, 0.2) is 0 Å². The predicted molar refractivity (Wildman–Crippen MR) is 157 cm³/mol. The van der Waals surface area contributed by atoms with E-state index in [1.54, 1.807) is 0 Å². The lowest BCUT2D eigenvalue weighted by atomic mass is 9.47. The number of carbonyl (C=O) groups is 1. The largest absolute Gasteiger partial charge is 0.514 e. The van der Waals surface area contributed by atoms with Crippen LogP contribution in [0.1, 0.15) is 105 Å². The first-order valence-electron chi connectivity index (χ1n) is 15.8. The van der Waals surface area contributed by atoms with Crippen molar-refractivity contribution in [2.24, 2.45) is 46.3 Å². The zero-order valence-corrected chi connectivity index (χ0v) is 25.2. The molecule has 5 rings (SSSR count). The third-order valence-corrected chi connectivity index (χ3v) is 11.8. The minimum absolute atomic E-state index is 0.113. The van der Waals surface area contributed by atoms with Crippen molar-refractivity contribution < 1.29 is 19.2 Å². The molecule has 6 nitrogen and oxygen atoms in total. The second-order valence-electron chi connectivity index (χ2n) is 14.4. The summed E-state index contributed by atoms with van der Waals surface area (Å²) in [5, 5.41) is 11.0. The smallest absolute Gasteiger partial charge is 0.430 e. The summed E-state index contributed by atoms with van der Waals surface area (Å²) in [7, 11) is 0. The Morgan fingerprint density at radius 1 is 1.07 bits per heavy atom. The fourth-order valence-corrected chi connectivity index (χ4v) is 9.67. The number of fused-ring (bicyclic) bond motifs is 5. The van der Waals surface area contributed by atoms with Crippen LogP contribution in [0.4, 0.5) is 10.5 Å². The van der Waals surface area contributed by atoms with Gasteiger partial charge in [-0.05, 0) is 97.3 Å². The van der Waals surface area contributed by atoms with Gasteiger partial charge >= 0.3 is 6.16 Å². The Morgan fingerprint density at radius 2 is 1.88 bits per heavy atom. The summed E-state index contributed by atoms with van der Waals surface area (Å²) in [6, 6.07) is 5.66. The molecule has 4 aliphatic rings. The lowest BCUT2D eigenvalue weighted by Gasteiger charge is -2.58. The summed E-state index contributed by atoms with van der Waals surface area (Å²) in [4.78, 5) is 23.1. The van der Waals surface area contributed by atoms with Gasteiger partial charge in [-0.1, -0.05) is 71.6 Å². The minimum Gasteiger partial charge on any atom is -0.430 e. The van der Waals surface area contributed by atoms with Crippen LogP contribution >= 0.6 is 0 Å². The van der Waals surface area contributed by atoms with Crippen molar-refractivity contribution >= 4 is 11.8 Å². The van der Waals surface area contributed by atoms with Gasteiger partial charge in [0, 0.05) is 12.5 Å². The number of nitro groups is 1. The molecule has 0 radical (unpaired) electrons. The molecule has 0 aliphatic heterocycles. The molecule has 0 amide bonds. The first-order valence-corrected chi connectivity index (χ1v) is 15.8.